The average Bonchev–Trinajstić information content (AvgIpc) is 2.85. The number of aryl methyl sites for hydroxylation is 1. The van der Waals surface area contributed by atoms with E-state index in [1.54, 1.807) is 0 Å². The van der Waals surface area contributed by atoms with Gasteiger partial charge in [0.05, 0.1) is 12.0 Å². The van der Waals surface area contributed by atoms with E-state index in [0.29, 0.717) is 31.8 Å². The van der Waals surface area contributed by atoms with Crippen LogP contribution in [0.25, 0.3) is 44.1 Å². The fourth-order valence-corrected chi connectivity index (χ4v) is 4.49. The molecule has 0 atom stereocenters. The summed E-state index contributed by atoms with van der Waals surface area (Å²) in [6, 6.07) is 18.7. The molecule has 0 saturated heterocycles. The first-order chi connectivity index (χ1) is 17.1. The van der Waals surface area contributed by atoms with Crippen LogP contribution in [0.2, 0.25) is 0 Å². The molecular weight excluding hydrogens is 438 g/mol. The van der Waals surface area contributed by atoms with Gasteiger partial charge < -0.3 is 14.5 Å². The minimum absolute atomic E-state index is 0.186. The lowest BCUT2D eigenvalue weighted by Crippen LogP contribution is -2.09. The summed E-state index contributed by atoms with van der Waals surface area (Å²) < 4.78 is 11.4. The number of hydrogen-bond donors (Lipinski definition) is 1. The Hall–Kier alpha value is -3.93. The van der Waals surface area contributed by atoms with Gasteiger partial charge in [-0.2, -0.15) is 0 Å². The Bertz CT molecular complexity index is 1590. The molecule has 6 heteroatoms. The maximum atomic E-state index is 11.7. The van der Waals surface area contributed by atoms with Crippen molar-refractivity contribution in [2.24, 2.45) is 4.99 Å². The highest BCUT2D eigenvalue weighted by molar-refractivity contribution is 6.04. The third-order valence-electron chi connectivity index (χ3n) is 6.17. The van der Waals surface area contributed by atoms with E-state index < -0.39 is 0 Å². The first-order valence-electron chi connectivity index (χ1n) is 12.2. The van der Waals surface area contributed by atoms with Crippen molar-refractivity contribution < 1.29 is 13.9 Å². The number of nitrogens with one attached hydrogen (secondary N) is 1. The zero-order valence-corrected chi connectivity index (χ0v) is 20.4. The maximum Gasteiger partial charge on any atom is 0.305 e. The molecule has 1 heterocycles. The minimum Gasteiger partial charge on any atom is -0.466 e. The Balaban J connectivity index is 1.70. The molecule has 2 aliphatic rings. The molecule has 1 N–H and O–H groups in total. The molecule has 0 spiro atoms. The Kier molecular flexibility index (Phi) is 6.36. The summed E-state index contributed by atoms with van der Waals surface area (Å²) >= 11 is 0. The van der Waals surface area contributed by atoms with Crippen LogP contribution in [-0.2, 0) is 9.53 Å². The fraction of sp³-hybridized carbons (Fsp3) is 0.276. The Labute approximate surface area is 204 Å². The Morgan fingerprint density at radius 2 is 1.83 bits per heavy atom. The van der Waals surface area contributed by atoms with Crippen molar-refractivity contribution in [3.05, 3.63) is 65.5 Å². The molecule has 0 amide bonds. The number of hydrogen-bond acceptors (Lipinski definition) is 6. The molecule has 0 fully saturated rings. The number of aromatic nitrogens is 1. The van der Waals surface area contributed by atoms with Crippen LogP contribution in [-0.4, -0.2) is 30.6 Å². The van der Waals surface area contributed by atoms with E-state index in [1.807, 2.05) is 31.2 Å². The highest BCUT2D eigenvalue weighted by Crippen LogP contribution is 2.34. The fourth-order valence-electron chi connectivity index (χ4n) is 4.49. The standard InChI is InChI=1S/C29H29N3O3/c1-4-30-23-16-26-25(13-18(23)3)32-29-22-15-20-10-7-6-9-19(20)14-21(22)24(17-27(29)35-26)31-12-8-11-28(33)34-5-2/h6-7,9-10,13-17,30H,4-5,8,11-12H2,1-3H3. The summed E-state index contributed by atoms with van der Waals surface area (Å²) in [6.07, 6.45) is 0.985. The van der Waals surface area contributed by atoms with Gasteiger partial charge in [-0.25, -0.2) is 4.98 Å². The SMILES string of the molecule is CCNc1cc2oc3cc(=NCCCC(=O)OCC)c4cc5ccccc5cc4c-3nc2cc1C. The third-order valence-corrected chi connectivity index (χ3v) is 6.17. The molecule has 0 aromatic heterocycles. The molecule has 35 heavy (non-hydrogen) atoms. The van der Waals surface area contributed by atoms with Gasteiger partial charge in [0.15, 0.2) is 11.3 Å². The summed E-state index contributed by atoms with van der Waals surface area (Å²) in [7, 11) is 0. The summed E-state index contributed by atoms with van der Waals surface area (Å²) in [6.45, 7) is 7.73. The molecule has 6 nitrogen and oxygen atoms in total. The van der Waals surface area contributed by atoms with Crippen LogP contribution >= 0.6 is 0 Å². The molecule has 0 unspecified atom stereocenters. The minimum atomic E-state index is -0.186. The van der Waals surface area contributed by atoms with E-state index in [2.05, 4.69) is 49.5 Å². The molecule has 3 aromatic rings. The molecule has 3 aromatic carbocycles. The summed E-state index contributed by atoms with van der Waals surface area (Å²) in [5.41, 5.74) is 4.54. The normalized spacial score (nSPS) is 12.1. The quantitative estimate of drug-likeness (QED) is 0.133. The molecular formula is C29H29N3O3. The monoisotopic (exact) mass is 467 g/mol. The largest absolute Gasteiger partial charge is 0.466 e. The van der Waals surface area contributed by atoms with Crippen molar-refractivity contribution in [3.8, 4) is 11.5 Å². The lowest BCUT2D eigenvalue weighted by Gasteiger charge is -2.14. The summed E-state index contributed by atoms with van der Waals surface area (Å²) in [4.78, 5) is 21.6. The van der Waals surface area contributed by atoms with Crippen LogP contribution in [0.15, 0.2) is 64.0 Å². The van der Waals surface area contributed by atoms with E-state index in [4.69, 9.17) is 19.1 Å². The van der Waals surface area contributed by atoms with Gasteiger partial charge in [-0.1, -0.05) is 24.3 Å². The maximum absolute atomic E-state index is 11.7. The second-order valence-corrected chi connectivity index (χ2v) is 8.66. The van der Waals surface area contributed by atoms with Crippen molar-refractivity contribution in [2.45, 2.75) is 33.6 Å². The number of ether oxygens (including phenoxy) is 1. The molecule has 178 valence electrons. The van der Waals surface area contributed by atoms with Gasteiger partial charge in [0, 0.05) is 48.1 Å². The van der Waals surface area contributed by atoms with Crippen molar-refractivity contribution >= 4 is 44.3 Å². The van der Waals surface area contributed by atoms with Gasteiger partial charge in [-0.15, -0.1) is 0 Å². The lowest BCUT2D eigenvalue weighted by atomic mass is 9.99. The van der Waals surface area contributed by atoms with Gasteiger partial charge in [-0.3, -0.25) is 9.79 Å². The second-order valence-electron chi connectivity index (χ2n) is 8.66. The third kappa shape index (κ3) is 4.56. The van der Waals surface area contributed by atoms with Gasteiger partial charge in [0.1, 0.15) is 11.2 Å². The first-order valence-corrected chi connectivity index (χ1v) is 12.2. The Morgan fingerprint density at radius 1 is 1.06 bits per heavy atom. The van der Waals surface area contributed by atoms with Crippen molar-refractivity contribution in [3.63, 3.8) is 0 Å². The molecule has 5 rings (SSSR count). The zero-order chi connectivity index (χ0) is 24.4. The highest BCUT2D eigenvalue weighted by Gasteiger charge is 2.17. The van der Waals surface area contributed by atoms with Crippen LogP contribution in [0.5, 0.6) is 0 Å². The van der Waals surface area contributed by atoms with Gasteiger partial charge >= 0.3 is 5.97 Å². The number of fused-ring (bicyclic) bond motifs is 5. The predicted molar refractivity (Wildman–Crippen MR) is 141 cm³/mol. The number of carbonyl (C=O) groups is 1. The zero-order valence-electron chi connectivity index (χ0n) is 20.4. The van der Waals surface area contributed by atoms with E-state index in [-0.39, 0.29) is 5.97 Å². The number of benzene rings is 4. The molecule has 0 saturated carbocycles. The number of nitrogens with zero attached hydrogens (tertiary/aromatic N) is 2. The van der Waals surface area contributed by atoms with Crippen LogP contribution < -0.4 is 10.7 Å². The van der Waals surface area contributed by atoms with Crippen LogP contribution in [0.4, 0.5) is 5.69 Å². The number of anilines is 1. The topological polar surface area (TPSA) is 76.7 Å². The van der Waals surface area contributed by atoms with Crippen LogP contribution in [0.3, 0.4) is 0 Å². The number of carbonyl (C=O) groups excluding carboxylic acids is 1. The van der Waals surface area contributed by atoms with Crippen LogP contribution in [0, 0.1) is 6.92 Å². The van der Waals surface area contributed by atoms with Gasteiger partial charge in [-0.05, 0) is 61.7 Å². The number of rotatable bonds is 7. The smallest absolute Gasteiger partial charge is 0.305 e. The molecule has 0 bridgehead atoms. The van der Waals surface area contributed by atoms with Gasteiger partial charge in [0.25, 0.3) is 0 Å². The summed E-state index contributed by atoms with van der Waals surface area (Å²) in [5, 5.41) is 8.54. The Morgan fingerprint density at radius 3 is 2.57 bits per heavy atom. The average molecular weight is 468 g/mol. The van der Waals surface area contributed by atoms with Crippen LogP contribution in [0.1, 0.15) is 32.3 Å². The highest BCUT2D eigenvalue weighted by atomic mass is 16.5. The first kappa shape index (κ1) is 22.8. The van der Waals surface area contributed by atoms with Crippen molar-refractivity contribution in [1.29, 1.82) is 0 Å². The van der Waals surface area contributed by atoms with E-state index >= 15 is 0 Å². The van der Waals surface area contributed by atoms with E-state index in [0.717, 1.165) is 61.5 Å². The molecule has 0 radical (unpaired) electrons. The van der Waals surface area contributed by atoms with E-state index in [9.17, 15) is 4.79 Å². The molecule has 1 aliphatic heterocycles. The van der Waals surface area contributed by atoms with E-state index in [1.165, 1.54) is 0 Å². The lowest BCUT2D eigenvalue weighted by molar-refractivity contribution is -0.143. The predicted octanol–water partition coefficient (Wildman–Crippen LogP) is 6.22. The molecule has 1 aliphatic carbocycles. The second kappa shape index (κ2) is 9.74. The number of esters is 1. The van der Waals surface area contributed by atoms with Crippen molar-refractivity contribution in [1.82, 2.24) is 4.98 Å². The summed E-state index contributed by atoms with van der Waals surface area (Å²) in [5.74, 6) is 0.505. The van der Waals surface area contributed by atoms with Crippen molar-refractivity contribution in [2.75, 3.05) is 25.0 Å². The van der Waals surface area contributed by atoms with Gasteiger partial charge in [0.2, 0.25) is 0 Å².